The molecule has 2 rings (SSSR count). The second-order valence-electron chi connectivity index (χ2n) is 5.83. The molecular formula is C17H26N4O3. The zero-order valence-corrected chi connectivity index (χ0v) is 14.1. The number of amides is 3. The third kappa shape index (κ3) is 4.94. The molecule has 0 aromatic heterocycles. The molecule has 0 unspecified atom stereocenters. The molecule has 1 fully saturated rings. The topological polar surface area (TPSA) is 96.7 Å². The summed E-state index contributed by atoms with van der Waals surface area (Å²) in [5.41, 5.74) is 6.96. The first-order valence-corrected chi connectivity index (χ1v) is 8.30. The molecule has 1 aromatic carbocycles. The molecule has 1 aromatic rings. The fraction of sp³-hybridized carbons (Fsp3) is 0.529. The van der Waals surface area contributed by atoms with E-state index >= 15 is 0 Å². The number of carbonyl (C=O) groups excluding carboxylic acids is 2. The molecule has 132 valence electrons. The van der Waals surface area contributed by atoms with E-state index in [-0.39, 0.29) is 18.0 Å². The van der Waals surface area contributed by atoms with E-state index in [2.05, 4.69) is 10.6 Å². The van der Waals surface area contributed by atoms with E-state index in [1.54, 1.807) is 36.3 Å². The van der Waals surface area contributed by atoms with E-state index in [0.717, 1.165) is 25.8 Å². The summed E-state index contributed by atoms with van der Waals surface area (Å²) in [4.78, 5) is 26.1. The summed E-state index contributed by atoms with van der Waals surface area (Å²) in [5, 5.41) is 5.63. The number of methoxy groups -OCH3 is 1. The number of benzene rings is 1. The lowest BCUT2D eigenvalue weighted by molar-refractivity contribution is 0.0937. The summed E-state index contributed by atoms with van der Waals surface area (Å²) >= 11 is 0. The summed E-state index contributed by atoms with van der Waals surface area (Å²) in [6, 6.07) is 6.80. The maximum atomic E-state index is 12.4. The summed E-state index contributed by atoms with van der Waals surface area (Å²) in [6.07, 6.45) is 3.06. The van der Waals surface area contributed by atoms with Crippen molar-refractivity contribution in [2.24, 2.45) is 5.73 Å². The minimum atomic E-state index is -0.163. The SMILES string of the molecule is COCCNC(=O)c1ccc(NC(=O)N2CCCC[C@H]2CN)cc1. The Morgan fingerprint density at radius 2 is 2.04 bits per heavy atom. The largest absolute Gasteiger partial charge is 0.383 e. The highest BCUT2D eigenvalue weighted by atomic mass is 16.5. The predicted molar refractivity (Wildman–Crippen MR) is 93.1 cm³/mol. The van der Waals surface area contributed by atoms with Gasteiger partial charge in [-0.25, -0.2) is 4.79 Å². The van der Waals surface area contributed by atoms with Gasteiger partial charge in [-0.1, -0.05) is 0 Å². The van der Waals surface area contributed by atoms with E-state index < -0.39 is 0 Å². The Balaban J connectivity index is 1.91. The highest BCUT2D eigenvalue weighted by Crippen LogP contribution is 2.18. The second-order valence-corrected chi connectivity index (χ2v) is 5.83. The number of piperidine rings is 1. The van der Waals surface area contributed by atoms with Gasteiger partial charge in [0.25, 0.3) is 5.91 Å². The van der Waals surface area contributed by atoms with Gasteiger partial charge in [-0.3, -0.25) is 4.79 Å². The minimum Gasteiger partial charge on any atom is -0.383 e. The molecule has 0 saturated carbocycles. The summed E-state index contributed by atoms with van der Waals surface area (Å²) in [6.45, 7) is 2.14. The van der Waals surface area contributed by atoms with Crippen LogP contribution in [0.25, 0.3) is 0 Å². The van der Waals surface area contributed by atoms with Crippen LogP contribution in [0.5, 0.6) is 0 Å². The number of nitrogens with zero attached hydrogens (tertiary/aromatic N) is 1. The van der Waals surface area contributed by atoms with Crippen molar-refractivity contribution in [3.63, 3.8) is 0 Å². The van der Waals surface area contributed by atoms with Gasteiger partial charge in [-0.15, -0.1) is 0 Å². The predicted octanol–water partition coefficient (Wildman–Crippen LogP) is 1.41. The summed E-state index contributed by atoms with van der Waals surface area (Å²) in [5.74, 6) is -0.163. The Morgan fingerprint density at radius 1 is 1.29 bits per heavy atom. The molecule has 4 N–H and O–H groups in total. The Labute approximate surface area is 142 Å². The van der Waals surface area contributed by atoms with E-state index in [1.165, 1.54) is 0 Å². The average molecular weight is 334 g/mol. The van der Waals surface area contributed by atoms with E-state index in [9.17, 15) is 9.59 Å². The normalized spacial score (nSPS) is 17.4. The lowest BCUT2D eigenvalue weighted by atomic mass is 10.0. The molecule has 3 amide bonds. The Kier molecular flexibility index (Phi) is 7.02. The second kappa shape index (κ2) is 9.24. The van der Waals surface area contributed by atoms with Crippen LogP contribution in [0.15, 0.2) is 24.3 Å². The van der Waals surface area contributed by atoms with Gasteiger partial charge in [-0.2, -0.15) is 0 Å². The molecule has 0 spiro atoms. The van der Waals surface area contributed by atoms with Gasteiger partial charge in [0.2, 0.25) is 0 Å². The van der Waals surface area contributed by atoms with Crippen LogP contribution >= 0.6 is 0 Å². The molecule has 24 heavy (non-hydrogen) atoms. The zero-order valence-electron chi connectivity index (χ0n) is 14.1. The highest BCUT2D eigenvalue weighted by molar-refractivity contribution is 5.95. The lowest BCUT2D eigenvalue weighted by Gasteiger charge is -2.34. The Bertz CT molecular complexity index is 547. The van der Waals surface area contributed by atoms with Crippen molar-refractivity contribution < 1.29 is 14.3 Å². The number of nitrogens with two attached hydrogens (primary N) is 1. The number of anilines is 1. The molecule has 1 aliphatic heterocycles. The van der Waals surface area contributed by atoms with Gasteiger partial charge in [0, 0.05) is 44.0 Å². The first-order chi connectivity index (χ1) is 11.7. The number of hydrogen-bond acceptors (Lipinski definition) is 4. The van der Waals surface area contributed by atoms with Crippen LogP contribution in [-0.4, -0.2) is 56.2 Å². The van der Waals surface area contributed by atoms with Gasteiger partial charge in [0.05, 0.1) is 6.61 Å². The molecule has 1 aliphatic rings. The van der Waals surface area contributed by atoms with E-state index in [4.69, 9.17) is 10.5 Å². The Hall–Kier alpha value is -2.12. The number of ether oxygens (including phenoxy) is 1. The number of rotatable bonds is 6. The average Bonchev–Trinajstić information content (AvgIpc) is 2.62. The number of nitrogens with one attached hydrogen (secondary N) is 2. The van der Waals surface area contributed by atoms with Crippen LogP contribution in [-0.2, 0) is 4.74 Å². The quantitative estimate of drug-likeness (QED) is 0.685. The van der Waals surface area contributed by atoms with Crippen molar-refractivity contribution in [1.29, 1.82) is 0 Å². The van der Waals surface area contributed by atoms with E-state index in [1.807, 2.05) is 0 Å². The van der Waals surface area contributed by atoms with Gasteiger partial charge < -0.3 is 26.0 Å². The third-order valence-electron chi connectivity index (χ3n) is 4.15. The Morgan fingerprint density at radius 3 is 2.71 bits per heavy atom. The van der Waals surface area contributed by atoms with E-state index in [0.29, 0.717) is 30.9 Å². The number of hydrogen-bond donors (Lipinski definition) is 3. The smallest absolute Gasteiger partial charge is 0.322 e. The standard InChI is InChI=1S/C17H26N4O3/c1-24-11-9-19-16(22)13-5-7-14(8-6-13)20-17(23)21-10-3-2-4-15(21)12-18/h5-8,15H,2-4,9-12,18H2,1H3,(H,19,22)(H,20,23)/t15-/m0/s1. The molecule has 1 saturated heterocycles. The van der Waals surface area contributed by atoms with Crippen LogP contribution in [0.4, 0.5) is 10.5 Å². The van der Waals surface area contributed by atoms with Crippen molar-refractivity contribution in [2.75, 3.05) is 38.7 Å². The van der Waals surface area contributed by atoms with Crippen molar-refractivity contribution in [3.8, 4) is 0 Å². The van der Waals surface area contributed by atoms with Crippen LogP contribution in [0, 0.1) is 0 Å². The van der Waals surface area contributed by atoms with Crippen LogP contribution < -0.4 is 16.4 Å². The zero-order chi connectivity index (χ0) is 17.4. The lowest BCUT2D eigenvalue weighted by Crippen LogP contribution is -2.49. The van der Waals surface area contributed by atoms with Gasteiger partial charge >= 0.3 is 6.03 Å². The monoisotopic (exact) mass is 334 g/mol. The van der Waals surface area contributed by atoms with Crippen molar-refractivity contribution in [2.45, 2.75) is 25.3 Å². The van der Waals surface area contributed by atoms with Crippen LogP contribution in [0.1, 0.15) is 29.6 Å². The fourth-order valence-electron chi connectivity index (χ4n) is 2.78. The summed E-state index contributed by atoms with van der Waals surface area (Å²) in [7, 11) is 1.58. The number of likely N-dealkylation sites (tertiary alicyclic amines) is 1. The van der Waals surface area contributed by atoms with Crippen LogP contribution in [0.2, 0.25) is 0 Å². The maximum absolute atomic E-state index is 12.4. The molecular weight excluding hydrogens is 308 g/mol. The van der Waals surface area contributed by atoms with Crippen molar-refractivity contribution in [3.05, 3.63) is 29.8 Å². The molecule has 0 radical (unpaired) electrons. The molecule has 7 heteroatoms. The number of carbonyl (C=O) groups is 2. The van der Waals surface area contributed by atoms with Gasteiger partial charge in [-0.05, 0) is 43.5 Å². The van der Waals surface area contributed by atoms with Gasteiger partial charge in [0.15, 0.2) is 0 Å². The fourth-order valence-corrected chi connectivity index (χ4v) is 2.78. The molecule has 7 nitrogen and oxygen atoms in total. The molecule has 1 atom stereocenters. The maximum Gasteiger partial charge on any atom is 0.322 e. The molecule has 0 aliphatic carbocycles. The first-order valence-electron chi connectivity index (χ1n) is 8.30. The number of urea groups is 1. The van der Waals surface area contributed by atoms with Crippen LogP contribution in [0.3, 0.4) is 0 Å². The third-order valence-corrected chi connectivity index (χ3v) is 4.15. The minimum absolute atomic E-state index is 0.101. The first kappa shape index (κ1) is 18.2. The molecule has 1 heterocycles. The molecule has 0 bridgehead atoms. The van der Waals surface area contributed by atoms with Gasteiger partial charge in [0.1, 0.15) is 0 Å². The van der Waals surface area contributed by atoms with Crippen molar-refractivity contribution in [1.82, 2.24) is 10.2 Å². The highest BCUT2D eigenvalue weighted by Gasteiger charge is 2.25. The summed E-state index contributed by atoms with van der Waals surface area (Å²) < 4.78 is 4.89. The van der Waals surface area contributed by atoms with Crippen molar-refractivity contribution >= 4 is 17.6 Å².